The fourth-order valence-electron chi connectivity index (χ4n) is 2.82. The first-order chi connectivity index (χ1) is 5.97. The Bertz CT molecular complexity index is 119. The third-order valence-corrected chi connectivity index (χ3v) is 3.57. The largest absolute Gasteiger partial charge is 0.314 e. The lowest BCUT2D eigenvalue weighted by Crippen LogP contribution is -2.34. The molecule has 1 N–H and O–H groups in total. The lowest BCUT2D eigenvalue weighted by atomic mass is 9.94. The zero-order valence-corrected chi connectivity index (χ0v) is 8.02. The second kappa shape index (κ2) is 4.27. The quantitative estimate of drug-likeness (QED) is 0.633. The van der Waals surface area contributed by atoms with Crippen LogP contribution in [-0.2, 0) is 0 Å². The third-order valence-electron chi connectivity index (χ3n) is 3.57. The van der Waals surface area contributed by atoms with E-state index in [2.05, 4.69) is 5.32 Å². The van der Waals surface area contributed by atoms with Gasteiger partial charge in [-0.05, 0) is 38.1 Å². The zero-order valence-electron chi connectivity index (χ0n) is 8.02. The van der Waals surface area contributed by atoms with Crippen LogP contribution in [0.2, 0.25) is 0 Å². The lowest BCUT2D eigenvalue weighted by molar-refractivity contribution is 0.353. The maximum atomic E-state index is 3.72. The summed E-state index contributed by atoms with van der Waals surface area (Å²) in [4.78, 5) is 0. The predicted molar refractivity (Wildman–Crippen MR) is 52.2 cm³/mol. The van der Waals surface area contributed by atoms with Crippen molar-refractivity contribution >= 4 is 0 Å². The highest BCUT2D eigenvalue weighted by atomic mass is 14.9. The molecule has 0 aromatic carbocycles. The summed E-state index contributed by atoms with van der Waals surface area (Å²) in [5.41, 5.74) is 0. The van der Waals surface area contributed by atoms with Crippen molar-refractivity contribution in [2.45, 2.75) is 57.4 Å². The van der Waals surface area contributed by atoms with Crippen LogP contribution >= 0.6 is 0 Å². The maximum absolute atomic E-state index is 3.72. The Hall–Kier alpha value is -0.0400. The normalized spacial score (nSPS) is 33.5. The molecule has 1 saturated heterocycles. The van der Waals surface area contributed by atoms with E-state index in [4.69, 9.17) is 0 Å². The first-order valence-corrected chi connectivity index (χ1v) is 5.70. The van der Waals surface area contributed by atoms with Gasteiger partial charge in [0.1, 0.15) is 0 Å². The van der Waals surface area contributed by atoms with Gasteiger partial charge in [0.05, 0.1) is 0 Å². The van der Waals surface area contributed by atoms with E-state index in [1.807, 2.05) is 0 Å². The molecule has 1 atom stereocenters. The predicted octanol–water partition coefficient (Wildman–Crippen LogP) is 2.71. The van der Waals surface area contributed by atoms with E-state index < -0.39 is 0 Å². The smallest absolute Gasteiger partial charge is 0.00953 e. The fraction of sp³-hybridized carbons (Fsp3) is 1.00. The van der Waals surface area contributed by atoms with Crippen molar-refractivity contribution in [1.29, 1.82) is 0 Å². The van der Waals surface area contributed by atoms with E-state index >= 15 is 0 Å². The van der Waals surface area contributed by atoms with E-state index in [0.29, 0.717) is 0 Å². The molecule has 0 bridgehead atoms. The van der Waals surface area contributed by atoms with Gasteiger partial charge < -0.3 is 5.32 Å². The second-order valence-corrected chi connectivity index (χ2v) is 4.45. The summed E-state index contributed by atoms with van der Waals surface area (Å²) < 4.78 is 0. The molecule has 0 aromatic heterocycles. The second-order valence-electron chi connectivity index (χ2n) is 4.45. The van der Waals surface area contributed by atoms with Crippen molar-refractivity contribution in [3.63, 3.8) is 0 Å². The summed E-state index contributed by atoms with van der Waals surface area (Å²) in [6.07, 6.45) is 11.7. The Kier molecular flexibility index (Phi) is 3.04. The summed E-state index contributed by atoms with van der Waals surface area (Å²) in [5.74, 6) is 1.03. The van der Waals surface area contributed by atoms with Crippen LogP contribution in [0.25, 0.3) is 0 Å². The molecule has 0 unspecified atom stereocenters. The summed E-state index contributed by atoms with van der Waals surface area (Å²) >= 11 is 0. The van der Waals surface area contributed by atoms with Crippen LogP contribution in [0.15, 0.2) is 0 Å². The molecule has 0 radical (unpaired) electrons. The van der Waals surface area contributed by atoms with Gasteiger partial charge in [-0.3, -0.25) is 0 Å². The van der Waals surface area contributed by atoms with Crippen LogP contribution in [0, 0.1) is 5.92 Å². The van der Waals surface area contributed by atoms with Crippen LogP contribution in [0.4, 0.5) is 0 Å². The van der Waals surface area contributed by atoms with Crippen LogP contribution in [0.3, 0.4) is 0 Å². The van der Waals surface area contributed by atoms with Crippen LogP contribution in [0.5, 0.6) is 0 Å². The number of hydrogen-bond donors (Lipinski definition) is 1. The van der Waals surface area contributed by atoms with Crippen molar-refractivity contribution in [2.75, 3.05) is 6.54 Å². The zero-order chi connectivity index (χ0) is 8.23. The van der Waals surface area contributed by atoms with E-state index in [-0.39, 0.29) is 0 Å². The minimum absolute atomic E-state index is 0.884. The molecule has 12 heavy (non-hydrogen) atoms. The molecule has 0 aromatic rings. The van der Waals surface area contributed by atoms with Crippen LogP contribution in [0.1, 0.15) is 51.4 Å². The minimum atomic E-state index is 0.884. The van der Waals surface area contributed by atoms with E-state index in [0.717, 1.165) is 12.0 Å². The Morgan fingerprint density at radius 3 is 2.33 bits per heavy atom. The highest BCUT2D eigenvalue weighted by Gasteiger charge is 2.24. The molecule has 2 aliphatic rings. The molecule has 1 saturated carbocycles. The first-order valence-electron chi connectivity index (χ1n) is 5.70. The Labute approximate surface area is 75.9 Å². The van der Waals surface area contributed by atoms with Gasteiger partial charge in [-0.1, -0.05) is 25.7 Å². The summed E-state index contributed by atoms with van der Waals surface area (Å²) in [5, 5.41) is 3.72. The highest BCUT2D eigenvalue weighted by Crippen LogP contribution is 2.30. The van der Waals surface area contributed by atoms with Gasteiger partial charge in [-0.25, -0.2) is 0 Å². The molecule has 1 heteroatoms. The van der Waals surface area contributed by atoms with E-state index in [1.54, 1.807) is 0 Å². The van der Waals surface area contributed by atoms with Crippen molar-refractivity contribution < 1.29 is 0 Å². The molecule has 1 aliphatic heterocycles. The number of rotatable bonds is 1. The van der Waals surface area contributed by atoms with Crippen molar-refractivity contribution in [3.8, 4) is 0 Å². The van der Waals surface area contributed by atoms with Crippen molar-refractivity contribution in [1.82, 2.24) is 5.32 Å². The SMILES string of the molecule is C1CCN[C@@H](C2CCCC2)CC1. The third kappa shape index (κ3) is 2.01. The van der Waals surface area contributed by atoms with Gasteiger partial charge >= 0.3 is 0 Å². The Morgan fingerprint density at radius 2 is 1.50 bits per heavy atom. The molecule has 70 valence electrons. The molecule has 1 nitrogen and oxygen atoms in total. The highest BCUT2D eigenvalue weighted by molar-refractivity contribution is 4.81. The molecule has 0 amide bonds. The van der Waals surface area contributed by atoms with Gasteiger partial charge in [0, 0.05) is 6.04 Å². The van der Waals surface area contributed by atoms with Crippen molar-refractivity contribution in [3.05, 3.63) is 0 Å². The first kappa shape index (κ1) is 8.55. The molecular formula is C11H21N. The van der Waals surface area contributed by atoms with E-state index in [1.165, 1.54) is 57.9 Å². The minimum Gasteiger partial charge on any atom is -0.314 e. The lowest BCUT2D eigenvalue weighted by Gasteiger charge is -2.22. The topological polar surface area (TPSA) is 12.0 Å². The van der Waals surface area contributed by atoms with Crippen LogP contribution in [-0.4, -0.2) is 12.6 Å². The molecule has 0 spiro atoms. The summed E-state index contributed by atoms with van der Waals surface area (Å²) in [6.45, 7) is 1.28. The van der Waals surface area contributed by atoms with Gasteiger partial charge in [0.15, 0.2) is 0 Å². The summed E-state index contributed by atoms with van der Waals surface area (Å²) in [7, 11) is 0. The van der Waals surface area contributed by atoms with Crippen LogP contribution < -0.4 is 5.32 Å². The molecular weight excluding hydrogens is 146 g/mol. The Morgan fingerprint density at radius 1 is 0.750 bits per heavy atom. The van der Waals surface area contributed by atoms with Gasteiger partial charge in [-0.2, -0.15) is 0 Å². The number of hydrogen-bond acceptors (Lipinski definition) is 1. The average molecular weight is 167 g/mol. The molecule has 1 aliphatic carbocycles. The Balaban J connectivity index is 1.83. The monoisotopic (exact) mass is 167 g/mol. The van der Waals surface area contributed by atoms with Gasteiger partial charge in [0.2, 0.25) is 0 Å². The summed E-state index contributed by atoms with van der Waals surface area (Å²) in [6, 6.07) is 0.884. The van der Waals surface area contributed by atoms with Gasteiger partial charge in [0.25, 0.3) is 0 Å². The average Bonchev–Trinajstić information content (AvgIpc) is 2.48. The molecule has 2 fully saturated rings. The van der Waals surface area contributed by atoms with Gasteiger partial charge in [-0.15, -0.1) is 0 Å². The standard InChI is InChI=1S/C11H21N/c1-2-8-11(12-9-5-1)10-6-3-4-7-10/h10-12H,1-9H2/t11-/m1/s1. The van der Waals surface area contributed by atoms with Crippen molar-refractivity contribution in [2.24, 2.45) is 5.92 Å². The molecule has 2 rings (SSSR count). The molecule has 1 heterocycles. The fourth-order valence-corrected chi connectivity index (χ4v) is 2.82. The van der Waals surface area contributed by atoms with E-state index in [9.17, 15) is 0 Å². The number of nitrogens with one attached hydrogen (secondary N) is 1. The maximum Gasteiger partial charge on any atom is 0.00953 e.